The fraction of sp³-hybridized carbons (Fsp3) is 0.0870. The van der Waals surface area contributed by atoms with E-state index in [0.717, 1.165) is 28.5 Å². The zero-order valence-electron chi connectivity index (χ0n) is 16.6. The Balaban J connectivity index is 1.63. The second-order valence-electron chi connectivity index (χ2n) is 6.97. The van der Waals surface area contributed by atoms with E-state index in [9.17, 15) is 14.4 Å². The normalized spacial score (nSPS) is 17.0. The summed E-state index contributed by atoms with van der Waals surface area (Å²) in [5.74, 6) is -1.26. The molecule has 162 valence electrons. The second-order valence-corrected chi connectivity index (χ2v) is 9.31. The Morgan fingerprint density at radius 3 is 2.53 bits per heavy atom. The van der Waals surface area contributed by atoms with Gasteiger partial charge < -0.3 is 5.73 Å². The minimum atomic E-state index is -0.936. The molecule has 1 aliphatic rings. The Kier molecular flexibility index (Phi) is 6.64. The topological polar surface area (TPSA) is 92.5 Å². The molecule has 1 saturated heterocycles. The first-order valence-corrected chi connectivity index (χ1v) is 11.8. The van der Waals surface area contributed by atoms with Crippen molar-refractivity contribution in [3.05, 3.63) is 93.1 Å². The van der Waals surface area contributed by atoms with E-state index in [-0.39, 0.29) is 11.8 Å². The number of nitrogens with zero attached hydrogens (tertiary/aromatic N) is 1. The molecule has 3 amide bonds. The lowest BCUT2D eigenvalue weighted by Gasteiger charge is -2.27. The lowest BCUT2D eigenvalue weighted by molar-refractivity contribution is -0.131. The van der Waals surface area contributed by atoms with Crippen LogP contribution < -0.4 is 11.2 Å². The van der Waals surface area contributed by atoms with Gasteiger partial charge in [-0.2, -0.15) is 11.3 Å². The van der Waals surface area contributed by atoms with Crippen LogP contribution in [0.25, 0.3) is 6.08 Å². The van der Waals surface area contributed by atoms with Gasteiger partial charge in [-0.15, -0.1) is 11.8 Å². The Labute approximate surface area is 198 Å². The monoisotopic (exact) mass is 483 g/mol. The van der Waals surface area contributed by atoms with Crippen molar-refractivity contribution < 1.29 is 14.4 Å². The van der Waals surface area contributed by atoms with Crippen molar-refractivity contribution in [2.45, 2.75) is 16.2 Å². The average Bonchev–Trinajstić information content (AvgIpc) is 3.39. The summed E-state index contributed by atoms with van der Waals surface area (Å²) < 4.78 is 0. The van der Waals surface area contributed by atoms with E-state index < -0.39 is 17.2 Å². The number of thioether (sulfide) groups is 1. The largest absolute Gasteiger partial charge is 0.366 e. The van der Waals surface area contributed by atoms with Crippen LogP contribution in [-0.2, 0) is 14.4 Å². The number of amides is 3. The number of nitrogens with one attached hydrogen (secondary N) is 1. The highest BCUT2D eigenvalue weighted by molar-refractivity contribution is 8.01. The fourth-order valence-electron chi connectivity index (χ4n) is 3.32. The molecule has 1 fully saturated rings. The number of rotatable bonds is 7. The summed E-state index contributed by atoms with van der Waals surface area (Å²) in [5.41, 5.74) is 10.4. The molecule has 2 unspecified atom stereocenters. The molecular weight excluding hydrogens is 466 g/mol. The zero-order valence-corrected chi connectivity index (χ0v) is 19.0. The highest BCUT2D eigenvalue weighted by Crippen LogP contribution is 2.37. The van der Waals surface area contributed by atoms with Gasteiger partial charge in [0.05, 0.1) is 5.02 Å². The highest BCUT2D eigenvalue weighted by Gasteiger charge is 2.44. The van der Waals surface area contributed by atoms with E-state index in [4.69, 9.17) is 17.3 Å². The predicted octanol–water partition coefficient (Wildman–Crippen LogP) is 4.02. The molecule has 2 aromatic carbocycles. The van der Waals surface area contributed by atoms with Gasteiger partial charge in [0.2, 0.25) is 5.91 Å². The molecule has 9 heteroatoms. The lowest BCUT2D eigenvalue weighted by Crippen LogP contribution is -2.39. The summed E-state index contributed by atoms with van der Waals surface area (Å²) in [4.78, 5) is 37.7. The number of carbonyl (C=O) groups excluding carboxylic acids is 3. The van der Waals surface area contributed by atoms with E-state index >= 15 is 0 Å². The summed E-state index contributed by atoms with van der Waals surface area (Å²) in [7, 11) is 0. The van der Waals surface area contributed by atoms with Crippen molar-refractivity contribution in [2.75, 3.05) is 0 Å². The quantitative estimate of drug-likeness (QED) is 0.392. The molecule has 2 atom stereocenters. The number of benzene rings is 2. The maximum Gasteiger partial charge on any atom is 0.265 e. The smallest absolute Gasteiger partial charge is 0.265 e. The minimum absolute atomic E-state index is 0.339. The molecule has 0 bridgehead atoms. The molecule has 0 aliphatic carbocycles. The maximum atomic E-state index is 13.3. The number of carbonyl (C=O) groups is 3. The molecule has 0 radical (unpaired) electrons. The number of primary amides is 1. The molecule has 1 aliphatic heterocycles. The summed E-state index contributed by atoms with van der Waals surface area (Å²) in [6.45, 7) is 0. The Morgan fingerprint density at radius 1 is 1.12 bits per heavy atom. The number of halogens is 1. The summed E-state index contributed by atoms with van der Waals surface area (Å²) >= 11 is 8.86. The van der Waals surface area contributed by atoms with Gasteiger partial charge >= 0.3 is 0 Å². The summed E-state index contributed by atoms with van der Waals surface area (Å²) in [5, 5.41) is 4.80. The fourth-order valence-corrected chi connectivity index (χ4v) is 5.24. The molecule has 6 nitrogen and oxygen atoms in total. The van der Waals surface area contributed by atoms with Crippen molar-refractivity contribution in [3.63, 3.8) is 0 Å². The Morgan fingerprint density at radius 2 is 1.88 bits per heavy atom. The van der Waals surface area contributed by atoms with E-state index in [0.29, 0.717) is 9.92 Å². The first kappa shape index (κ1) is 22.1. The lowest BCUT2D eigenvalue weighted by atomic mass is 9.99. The third-order valence-corrected chi connectivity index (χ3v) is 7.23. The van der Waals surface area contributed by atoms with Crippen LogP contribution in [0.15, 0.2) is 76.3 Å². The minimum Gasteiger partial charge on any atom is -0.366 e. The van der Waals surface area contributed by atoms with Crippen molar-refractivity contribution in [2.24, 2.45) is 5.73 Å². The SMILES string of the molecule is NC(=O)/C=C/c1ccc(C(c2ccsc2)N2NC(=O)C(Sc3ccccc3Cl)C2=O)cc1. The van der Waals surface area contributed by atoms with Gasteiger partial charge in [-0.05, 0) is 51.7 Å². The standard InChI is InChI=1S/C23H18ClN3O3S2/c24-17-3-1-2-4-18(17)32-21-22(29)26-27(23(21)30)20(16-11-12-31-13-16)15-8-5-14(6-9-15)7-10-19(25)28/h1-13,20-21H,(H2,25,28)(H,26,29)/b10-7+. The van der Waals surface area contributed by atoms with Gasteiger partial charge in [-0.1, -0.05) is 48.0 Å². The first-order valence-electron chi connectivity index (χ1n) is 9.58. The molecule has 0 spiro atoms. The van der Waals surface area contributed by atoms with Crippen molar-refractivity contribution >= 4 is 58.5 Å². The summed E-state index contributed by atoms with van der Waals surface area (Å²) in [6.07, 6.45) is 2.90. The van der Waals surface area contributed by atoms with Gasteiger partial charge in [0, 0.05) is 11.0 Å². The van der Waals surface area contributed by atoms with Crippen LogP contribution in [0.5, 0.6) is 0 Å². The van der Waals surface area contributed by atoms with Crippen molar-refractivity contribution in [1.29, 1.82) is 0 Å². The third kappa shape index (κ3) is 4.72. The second kappa shape index (κ2) is 9.60. The van der Waals surface area contributed by atoms with E-state index in [1.165, 1.54) is 22.4 Å². The first-order chi connectivity index (χ1) is 15.4. The molecule has 1 aromatic heterocycles. The molecule has 0 saturated carbocycles. The van der Waals surface area contributed by atoms with Gasteiger partial charge in [-0.3, -0.25) is 19.8 Å². The number of hydrogen-bond donors (Lipinski definition) is 2. The third-order valence-electron chi connectivity index (χ3n) is 4.82. The van der Waals surface area contributed by atoms with Crippen LogP contribution in [0, 0.1) is 0 Å². The molecule has 3 aromatic rings. The van der Waals surface area contributed by atoms with Crippen LogP contribution in [0.1, 0.15) is 22.7 Å². The highest BCUT2D eigenvalue weighted by atomic mass is 35.5. The average molecular weight is 484 g/mol. The Hall–Kier alpha value is -3.07. The zero-order chi connectivity index (χ0) is 22.7. The van der Waals surface area contributed by atoms with Crippen LogP contribution in [0.3, 0.4) is 0 Å². The van der Waals surface area contributed by atoms with Gasteiger partial charge in [0.15, 0.2) is 5.25 Å². The number of hydrazine groups is 1. The van der Waals surface area contributed by atoms with E-state index in [1.54, 1.807) is 24.3 Å². The van der Waals surface area contributed by atoms with Crippen LogP contribution >= 0.6 is 34.7 Å². The van der Waals surface area contributed by atoms with Gasteiger partial charge in [0.1, 0.15) is 6.04 Å². The Bertz CT molecular complexity index is 1180. The summed E-state index contributed by atoms with van der Waals surface area (Å²) in [6, 6.07) is 15.9. The van der Waals surface area contributed by atoms with Crippen molar-refractivity contribution in [3.8, 4) is 0 Å². The molecular formula is C23H18ClN3O3S2. The van der Waals surface area contributed by atoms with Crippen LogP contribution in [-0.4, -0.2) is 28.0 Å². The molecule has 3 N–H and O–H groups in total. The number of hydrogen-bond acceptors (Lipinski definition) is 5. The van der Waals surface area contributed by atoms with E-state index in [2.05, 4.69) is 5.43 Å². The van der Waals surface area contributed by atoms with Crippen LogP contribution in [0.2, 0.25) is 5.02 Å². The van der Waals surface area contributed by atoms with Gasteiger partial charge in [-0.25, -0.2) is 5.01 Å². The van der Waals surface area contributed by atoms with Gasteiger partial charge in [0.25, 0.3) is 11.8 Å². The maximum absolute atomic E-state index is 13.3. The molecule has 2 heterocycles. The van der Waals surface area contributed by atoms with E-state index in [1.807, 2.05) is 47.2 Å². The predicted molar refractivity (Wildman–Crippen MR) is 127 cm³/mol. The number of nitrogens with two attached hydrogens (primary N) is 1. The molecule has 4 rings (SSSR count). The van der Waals surface area contributed by atoms with Crippen molar-refractivity contribution in [1.82, 2.24) is 10.4 Å². The molecule has 32 heavy (non-hydrogen) atoms. The van der Waals surface area contributed by atoms with Crippen LogP contribution in [0.4, 0.5) is 0 Å². The number of thiophene rings is 1.